The molecule has 0 N–H and O–H groups in total. The molecule has 4 heteroatoms. The monoisotopic (exact) mass is 547 g/mol. The molecule has 0 unspecified atom stereocenters. The van der Waals surface area contributed by atoms with Gasteiger partial charge in [0.2, 0.25) is 5.95 Å². The van der Waals surface area contributed by atoms with Gasteiger partial charge in [0.25, 0.3) is 0 Å². The van der Waals surface area contributed by atoms with E-state index < -0.39 is 5.95 Å². The predicted molar refractivity (Wildman–Crippen MR) is 174 cm³/mol. The van der Waals surface area contributed by atoms with Crippen molar-refractivity contribution in [2.45, 2.75) is 100 Å². The van der Waals surface area contributed by atoms with Crippen molar-refractivity contribution >= 4 is 5.69 Å². The second-order valence-corrected chi connectivity index (χ2v) is 10.7. The number of hydrogen-bond donors (Lipinski definition) is 0. The fourth-order valence-electron chi connectivity index (χ4n) is 4.30. The maximum Gasteiger partial charge on any atom is 0.213 e. The van der Waals surface area contributed by atoms with Crippen molar-refractivity contribution in [2.75, 3.05) is 18.0 Å². The van der Waals surface area contributed by atoms with E-state index in [4.69, 9.17) is 0 Å². The molecule has 0 amide bonds. The van der Waals surface area contributed by atoms with Crippen LogP contribution in [0.15, 0.2) is 72.6 Å². The Morgan fingerprint density at radius 1 is 0.900 bits per heavy atom. The van der Waals surface area contributed by atoms with Crippen LogP contribution in [0.25, 0.3) is 11.1 Å². The van der Waals surface area contributed by atoms with Crippen LogP contribution in [0.3, 0.4) is 0 Å². The van der Waals surface area contributed by atoms with E-state index in [1.807, 2.05) is 38.2 Å². The van der Waals surface area contributed by atoms with E-state index in [1.54, 1.807) is 0 Å². The SMILES string of the molecule is CC.CC(C)C.CC/C=C(\C)Cc1ccc(-c2ccnc(F)c2)cc1.CCCc1ccc(N2CCCCC2)cn1. The molecule has 1 aliphatic rings. The van der Waals surface area contributed by atoms with Crippen molar-refractivity contribution in [3.8, 4) is 11.1 Å². The van der Waals surface area contributed by atoms with Gasteiger partial charge in [-0.2, -0.15) is 4.39 Å². The van der Waals surface area contributed by atoms with Crippen molar-refractivity contribution in [1.82, 2.24) is 9.97 Å². The van der Waals surface area contributed by atoms with Crippen LogP contribution in [-0.4, -0.2) is 23.1 Å². The van der Waals surface area contributed by atoms with Gasteiger partial charge in [-0.15, -0.1) is 0 Å². The maximum atomic E-state index is 13.1. The van der Waals surface area contributed by atoms with Crippen LogP contribution in [0, 0.1) is 11.9 Å². The number of anilines is 1. The first-order valence-corrected chi connectivity index (χ1v) is 15.4. The topological polar surface area (TPSA) is 29.0 Å². The molecular formula is C36H54FN3. The lowest BCUT2D eigenvalue weighted by molar-refractivity contribution is 0.577. The highest BCUT2D eigenvalue weighted by Crippen LogP contribution is 2.21. The molecule has 0 bridgehead atoms. The summed E-state index contributed by atoms with van der Waals surface area (Å²) in [6.45, 7) is 19.4. The molecule has 0 aliphatic carbocycles. The molecule has 0 atom stereocenters. The highest BCUT2D eigenvalue weighted by atomic mass is 19.1. The Kier molecular flexibility index (Phi) is 18.2. The van der Waals surface area contributed by atoms with E-state index in [1.165, 1.54) is 73.6 Å². The summed E-state index contributed by atoms with van der Waals surface area (Å²) in [6.07, 6.45) is 14.1. The molecule has 0 spiro atoms. The first-order valence-electron chi connectivity index (χ1n) is 15.4. The number of allylic oxidation sites excluding steroid dienone is 2. The van der Waals surface area contributed by atoms with E-state index >= 15 is 0 Å². The third-order valence-corrected chi connectivity index (χ3v) is 6.09. The number of rotatable bonds is 7. The summed E-state index contributed by atoms with van der Waals surface area (Å²) in [7, 11) is 0. The van der Waals surface area contributed by atoms with Gasteiger partial charge in [0.1, 0.15) is 0 Å². The number of halogens is 1. The molecule has 1 fully saturated rings. The van der Waals surface area contributed by atoms with Gasteiger partial charge in [-0.3, -0.25) is 4.98 Å². The van der Waals surface area contributed by atoms with Crippen molar-refractivity contribution in [2.24, 2.45) is 5.92 Å². The van der Waals surface area contributed by atoms with E-state index in [0.717, 1.165) is 36.3 Å². The Bertz CT molecular complexity index is 1060. The minimum atomic E-state index is -0.441. The van der Waals surface area contributed by atoms with Gasteiger partial charge in [0.05, 0.1) is 11.9 Å². The Morgan fingerprint density at radius 2 is 1.55 bits per heavy atom. The van der Waals surface area contributed by atoms with Crippen molar-refractivity contribution in [1.29, 1.82) is 0 Å². The van der Waals surface area contributed by atoms with Crippen molar-refractivity contribution in [3.05, 3.63) is 89.8 Å². The summed E-state index contributed by atoms with van der Waals surface area (Å²) < 4.78 is 13.1. The molecule has 0 radical (unpaired) electrons. The molecule has 2 aromatic heterocycles. The molecular weight excluding hydrogens is 493 g/mol. The molecule has 1 saturated heterocycles. The van der Waals surface area contributed by atoms with Gasteiger partial charge in [0, 0.05) is 31.0 Å². The normalized spacial score (nSPS) is 12.8. The van der Waals surface area contributed by atoms with Gasteiger partial charge in [-0.25, -0.2) is 4.98 Å². The maximum absolute atomic E-state index is 13.1. The van der Waals surface area contributed by atoms with Crippen LogP contribution in [-0.2, 0) is 12.8 Å². The third kappa shape index (κ3) is 14.4. The Labute approximate surface area is 245 Å². The summed E-state index contributed by atoms with van der Waals surface area (Å²) in [5, 5.41) is 0. The number of piperidine rings is 1. The van der Waals surface area contributed by atoms with Crippen LogP contribution >= 0.6 is 0 Å². The second kappa shape index (κ2) is 20.8. The lowest BCUT2D eigenvalue weighted by Gasteiger charge is -2.28. The highest BCUT2D eigenvalue weighted by molar-refractivity contribution is 5.63. The number of nitrogens with zero attached hydrogens (tertiary/aromatic N) is 3. The minimum absolute atomic E-state index is 0.441. The van der Waals surface area contributed by atoms with E-state index in [2.05, 4.69) is 86.8 Å². The molecule has 3 heterocycles. The highest BCUT2D eigenvalue weighted by Gasteiger charge is 2.10. The predicted octanol–water partition coefficient (Wildman–Crippen LogP) is 10.5. The number of pyridine rings is 2. The number of hydrogen-bond acceptors (Lipinski definition) is 3. The molecule has 40 heavy (non-hydrogen) atoms. The summed E-state index contributed by atoms with van der Waals surface area (Å²) >= 11 is 0. The van der Waals surface area contributed by atoms with Gasteiger partial charge in [0.15, 0.2) is 0 Å². The van der Waals surface area contributed by atoms with Gasteiger partial charge < -0.3 is 4.90 Å². The van der Waals surface area contributed by atoms with Gasteiger partial charge in [-0.1, -0.05) is 90.8 Å². The average molecular weight is 548 g/mol. The zero-order valence-electron chi connectivity index (χ0n) is 26.5. The van der Waals surface area contributed by atoms with Gasteiger partial charge in [-0.05, 0) is 86.3 Å². The smallest absolute Gasteiger partial charge is 0.213 e. The van der Waals surface area contributed by atoms with E-state index in [0.29, 0.717) is 0 Å². The van der Waals surface area contributed by atoms with Crippen LogP contribution < -0.4 is 4.90 Å². The average Bonchev–Trinajstić information content (AvgIpc) is 2.96. The summed E-state index contributed by atoms with van der Waals surface area (Å²) in [4.78, 5) is 10.5. The lowest BCUT2D eigenvalue weighted by atomic mass is 10.0. The fourth-order valence-corrected chi connectivity index (χ4v) is 4.30. The van der Waals surface area contributed by atoms with Gasteiger partial charge >= 0.3 is 0 Å². The summed E-state index contributed by atoms with van der Waals surface area (Å²) in [5.41, 5.74) is 7.06. The van der Waals surface area contributed by atoms with Crippen LogP contribution in [0.2, 0.25) is 0 Å². The number of aryl methyl sites for hydroxylation is 1. The van der Waals surface area contributed by atoms with E-state index in [9.17, 15) is 4.39 Å². The molecule has 4 rings (SSSR count). The number of aromatic nitrogens is 2. The molecule has 1 aromatic carbocycles. The fraction of sp³-hybridized carbons (Fsp3) is 0.500. The largest absolute Gasteiger partial charge is 0.370 e. The summed E-state index contributed by atoms with van der Waals surface area (Å²) in [6, 6.07) is 15.9. The Hall–Kier alpha value is -3.01. The standard InChI is InChI=1S/C17H18FN.C13H20N2.C4H10.C2H6/c1-3-4-13(2)11-14-5-7-15(8-6-14)16-9-10-19-17(18)12-16;1-2-6-12-7-8-13(11-14-12)15-9-4-3-5-10-15;1-4(2)3;1-2/h4-10,12H,3,11H2,1-2H3;7-8,11H,2-6,9-10H2,1H3;4H,1-3H3;1-2H3/b13-4+;;;. The van der Waals surface area contributed by atoms with Crippen LogP contribution in [0.4, 0.5) is 10.1 Å². The van der Waals surface area contributed by atoms with E-state index in [-0.39, 0.29) is 0 Å². The third-order valence-electron chi connectivity index (χ3n) is 6.09. The number of benzene rings is 1. The first-order chi connectivity index (χ1) is 19.3. The molecule has 1 aliphatic heterocycles. The van der Waals surface area contributed by atoms with Crippen molar-refractivity contribution in [3.63, 3.8) is 0 Å². The molecule has 3 aromatic rings. The van der Waals surface area contributed by atoms with Crippen LogP contribution in [0.5, 0.6) is 0 Å². The Balaban J connectivity index is 0.000000340. The quantitative estimate of drug-likeness (QED) is 0.218. The first kappa shape index (κ1) is 35.0. The second-order valence-electron chi connectivity index (χ2n) is 10.7. The lowest BCUT2D eigenvalue weighted by Crippen LogP contribution is -2.29. The molecule has 3 nitrogen and oxygen atoms in total. The molecule has 0 saturated carbocycles. The Morgan fingerprint density at radius 3 is 2.08 bits per heavy atom. The zero-order valence-corrected chi connectivity index (χ0v) is 26.5. The van der Waals surface area contributed by atoms with Crippen molar-refractivity contribution < 1.29 is 4.39 Å². The molecule has 220 valence electrons. The minimum Gasteiger partial charge on any atom is -0.370 e. The summed E-state index contributed by atoms with van der Waals surface area (Å²) in [5.74, 6) is 0.392. The van der Waals surface area contributed by atoms with Crippen LogP contribution in [0.1, 0.15) is 98.8 Å². The zero-order chi connectivity index (χ0) is 29.8.